The van der Waals surface area contributed by atoms with Gasteiger partial charge in [-0.1, -0.05) is 0 Å². The second-order valence-electron chi connectivity index (χ2n) is 4.08. The minimum absolute atomic E-state index is 0.0614. The second kappa shape index (κ2) is 6.38. The fraction of sp³-hybridized carbons (Fsp3) is 0.462. The molecular formula is C13H15IO4. The van der Waals surface area contributed by atoms with Crippen molar-refractivity contribution in [3.8, 4) is 5.75 Å². The predicted molar refractivity (Wildman–Crippen MR) is 75.0 cm³/mol. The first kappa shape index (κ1) is 13.6. The first-order chi connectivity index (χ1) is 8.70. The second-order valence-corrected chi connectivity index (χ2v) is 5.25. The molecule has 0 saturated carbocycles. The van der Waals surface area contributed by atoms with Gasteiger partial charge in [-0.2, -0.15) is 0 Å². The topological polar surface area (TPSA) is 44.8 Å². The van der Waals surface area contributed by atoms with Gasteiger partial charge in [0.25, 0.3) is 0 Å². The van der Waals surface area contributed by atoms with Crippen molar-refractivity contribution in [3.05, 3.63) is 27.3 Å². The molecule has 98 valence electrons. The maximum absolute atomic E-state index is 11.8. The van der Waals surface area contributed by atoms with Crippen LogP contribution < -0.4 is 4.74 Å². The lowest BCUT2D eigenvalue weighted by Gasteiger charge is -2.11. The van der Waals surface area contributed by atoms with E-state index >= 15 is 0 Å². The Morgan fingerprint density at radius 2 is 2.39 bits per heavy atom. The van der Waals surface area contributed by atoms with Crippen molar-refractivity contribution in [3.63, 3.8) is 0 Å². The minimum atomic E-state index is -0.314. The maximum Gasteiger partial charge on any atom is 0.338 e. The summed E-state index contributed by atoms with van der Waals surface area (Å²) in [5, 5.41) is 0. The Bertz CT molecular complexity index is 427. The van der Waals surface area contributed by atoms with Crippen molar-refractivity contribution < 1.29 is 19.0 Å². The average Bonchev–Trinajstić information content (AvgIpc) is 2.89. The van der Waals surface area contributed by atoms with E-state index in [0.717, 1.165) is 28.8 Å². The molecular weight excluding hydrogens is 347 g/mol. The first-order valence-corrected chi connectivity index (χ1v) is 6.91. The molecule has 1 aliphatic rings. The zero-order valence-corrected chi connectivity index (χ0v) is 12.3. The fourth-order valence-corrected chi connectivity index (χ4v) is 2.56. The van der Waals surface area contributed by atoms with E-state index < -0.39 is 0 Å². The Labute approximate surface area is 120 Å². The highest BCUT2D eigenvalue weighted by atomic mass is 127. The monoisotopic (exact) mass is 362 g/mol. The van der Waals surface area contributed by atoms with Crippen molar-refractivity contribution in [1.29, 1.82) is 0 Å². The summed E-state index contributed by atoms with van der Waals surface area (Å²) in [6.07, 6.45) is 2.07. The molecule has 5 heteroatoms. The van der Waals surface area contributed by atoms with Crippen molar-refractivity contribution in [2.24, 2.45) is 0 Å². The lowest BCUT2D eigenvalue weighted by Crippen LogP contribution is -2.17. The summed E-state index contributed by atoms with van der Waals surface area (Å²) in [5.74, 6) is 0.442. The Kier molecular flexibility index (Phi) is 4.82. The van der Waals surface area contributed by atoms with E-state index in [9.17, 15) is 4.79 Å². The van der Waals surface area contributed by atoms with Crippen molar-refractivity contribution in [2.75, 3.05) is 20.3 Å². The van der Waals surface area contributed by atoms with Crippen LogP contribution in [0, 0.1) is 3.57 Å². The summed E-state index contributed by atoms with van der Waals surface area (Å²) in [5.41, 5.74) is 0.540. The number of hydrogen-bond acceptors (Lipinski definition) is 4. The van der Waals surface area contributed by atoms with Crippen LogP contribution in [-0.4, -0.2) is 32.4 Å². The standard InChI is InChI=1S/C13H15IO4/c1-16-12-5-4-9(7-11(12)14)13(15)18-8-10-3-2-6-17-10/h4-5,7,10H,2-3,6,8H2,1H3. The lowest BCUT2D eigenvalue weighted by molar-refractivity contribution is 0.0161. The summed E-state index contributed by atoms with van der Waals surface area (Å²) in [6, 6.07) is 5.24. The van der Waals surface area contributed by atoms with Gasteiger partial charge in [-0.3, -0.25) is 0 Å². The SMILES string of the molecule is COc1ccc(C(=O)OCC2CCCO2)cc1I. The number of benzene rings is 1. The van der Waals surface area contributed by atoms with Gasteiger partial charge in [-0.25, -0.2) is 4.79 Å². The average molecular weight is 362 g/mol. The van der Waals surface area contributed by atoms with E-state index in [1.54, 1.807) is 25.3 Å². The van der Waals surface area contributed by atoms with Gasteiger partial charge >= 0.3 is 5.97 Å². The van der Waals surface area contributed by atoms with Crippen LogP contribution in [0.5, 0.6) is 5.75 Å². The highest BCUT2D eigenvalue weighted by molar-refractivity contribution is 14.1. The smallest absolute Gasteiger partial charge is 0.338 e. The molecule has 4 nitrogen and oxygen atoms in total. The number of ether oxygens (including phenoxy) is 3. The largest absolute Gasteiger partial charge is 0.496 e. The van der Waals surface area contributed by atoms with E-state index in [2.05, 4.69) is 22.6 Å². The molecule has 1 aromatic rings. The van der Waals surface area contributed by atoms with Gasteiger partial charge in [-0.05, 0) is 53.6 Å². The lowest BCUT2D eigenvalue weighted by atomic mass is 10.2. The number of rotatable bonds is 4. The van der Waals surface area contributed by atoms with Crippen LogP contribution in [0.25, 0.3) is 0 Å². The van der Waals surface area contributed by atoms with Crippen LogP contribution in [0.1, 0.15) is 23.2 Å². The molecule has 0 bridgehead atoms. The van der Waals surface area contributed by atoms with Crippen LogP contribution in [0.15, 0.2) is 18.2 Å². The van der Waals surface area contributed by atoms with Gasteiger partial charge in [-0.15, -0.1) is 0 Å². The minimum Gasteiger partial charge on any atom is -0.496 e. The summed E-state index contributed by atoms with van der Waals surface area (Å²) in [6.45, 7) is 1.10. The van der Waals surface area contributed by atoms with E-state index in [0.29, 0.717) is 12.2 Å². The third-order valence-corrected chi connectivity index (χ3v) is 3.65. The molecule has 0 aliphatic carbocycles. The van der Waals surface area contributed by atoms with E-state index in [4.69, 9.17) is 14.2 Å². The van der Waals surface area contributed by atoms with E-state index in [1.165, 1.54) is 0 Å². The predicted octanol–water partition coefficient (Wildman–Crippen LogP) is 2.64. The zero-order valence-electron chi connectivity index (χ0n) is 10.1. The Morgan fingerprint density at radius 3 is 3.00 bits per heavy atom. The maximum atomic E-state index is 11.8. The first-order valence-electron chi connectivity index (χ1n) is 5.83. The molecule has 0 amide bonds. The van der Waals surface area contributed by atoms with Gasteiger partial charge in [0, 0.05) is 6.61 Å². The number of esters is 1. The molecule has 0 aromatic heterocycles. The molecule has 0 radical (unpaired) electrons. The number of carbonyl (C=O) groups excluding carboxylic acids is 1. The van der Waals surface area contributed by atoms with Crippen molar-refractivity contribution in [2.45, 2.75) is 18.9 Å². The number of hydrogen-bond donors (Lipinski definition) is 0. The third kappa shape index (κ3) is 3.35. The molecule has 0 N–H and O–H groups in total. The van der Waals surface area contributed by atoms with Crippen LogP contribution in [0.3, 0.4) is 0 Å². The van der Waals surface area contributed by atoms with Gasteiger partial charge in [0.1, 0.15) is 12.4 Å². The molecule has 1 heterocycles. The van der Waals surface area contributed by atoms with Crippen molar-refractivity contribution in [1.82, 2.24) is 0 Å². The van der Waals surface area contributed by atoms with Gasteiger partial charge < -0.3 is 14.2 Å². The number of halogens is 1. The quantitative estimate of drug-likeness (QED) is 0.610. The van der Waals surface area contributed by atoms with Crippen LogP contribution in [0.4, 0.5) is 0 Å². The van der Waals surface area contributed by atoms with Crippen LogP contribution >= 0.6 is 22.6 Å². The molecule has 1 saturated heterocycles. The fourth-order valence-electron chi connectivity index (χ4n) is 1.82. The highest BCUT2D eigenvalue weighted by Crippen LogP contribution is 2.22. The van der Waals surface area contributed by atoms with Gasteiger partial charge in [0.2, 0.25) is 0 Å². The third-order valence-electron chi connectivity index (χ3n) is 2.81. The summed E-state index contributed by atoms with van der Waals surface area (Å²) >= 11 is 2.13. The summed E-state index contributed by atoms with van der Waals surface area (Å²) in [7, 11) is 1.60. The van der Waals surface area contributed by atoms with Crippen LogP contribution in [-0.2, 0) is 9.47 Å². The summed E-state index contributed by atoms with van der Waals surface area (Å²) in [4.78, 5) is 11.8. The molecule has 1 unspecified atom stereocenters. The molecule has 1 fully saturated rings. The highest BCUT2D eigenvalue weighted by Gasteiger charge is 2.18. The molecule has 1 atom stereocenters. The van der Waals surface area contributed by atoms with Gasteiger partial charge in [0.05, 0.1) is 22.3 Å². The Morgan fingerprint density at radius 1 is 1.56 bits per heavy atom. The van der Waals surface area contributed by atoms with Gasteiger partial charge in [0.15, 0.2) is 0 Å². The van der Waals surface area contributed by atoms with E-state index in [1.807, 2.05) is 0 Å². The Hall–Kier alpha value is -0.820. The number of methoxy groups -OCH3 is 1. The zero-order chi connectivity index (χ0) is 13.0. The number of carbonyl (C=O) groups is 1. The molecule has 18 heavy (non-hydrogen) atoms. The molecule has 1 aromatic carbocycles. The normalized spacial score (nSPS) is 18.7. The van der Waals surface area contributed by atoms with E-state index in [-0.39, 0.29) is 12.1 Å². The van der Waals surface area contributed by atoms with Crippen molar-refractivity contribution >= 4 is 28.6 Å². The Balaban J connectivity index is 1.93. The molecule has 0 spiro atoms. The molecule has 2 rings (SSSR count). The van der Waals surface area contributed by atoms with Crippen LogP contribution in [0.2, 0.25) is 0 Å². The molecule has 1 aliphatic heterocycles. The summed E-state index contributed by atoms with van der Waals surface area (Å²) < 4.78 is 16.7.